The van der Waals surface area contributed by atoms with Gasteiger partial charge in [0, 0.05) is 6.54 Å². The monoisotopic (exact) mass is 148 g/mol. The van der Waals surface area contributed by atoms with Crippen molar-refractivity contribution in [1.82, 2.24) is 0 Å². The molecule has 4 nitrogen and oxygen atoms in total. The number of carboxylic acid groups (broad SMARTS) is 1. The first-order valence-corrected chi connectivity index (χ1v) is 3.18. The first-order valence-electron chi connectivity index (χ1n) is 3.18. The Balaban J connectivity index is 0. The first kappa shape index (κ1) is 12.1. The highest BCUT2D eigenvalue weighted by Gasteiger charge is 1.87. The summed E-state index contributed by atoms with van der Waals surface area (Å²) >= 11 is 0. The standard InChI is InChI=1S/C3H7NO2.C3H9N/c4-2-1-3(5)6;1-3(2)4/h1-2,4H2,(H,5,6);3H,4H2,1-2H3. The summed E-state index contributed by atoms with van der Waals surface area (Å²) in [5.41, 5.74) is 9.96. The van der Waals surface area contributed by atoms with E-state index in [0.29, 0.717) is 6.04 Å². The Bertz CT molecular complexity index is 81.1. The smallest absolute Gasteiger partial charge is 0.304 e. The van der Waals surface area contributed by atoms with E-state index in [9.17, 15) is 4.79 Å². The van der Waals surface area contributed by atoms with Crippen LogP contribution < -0.4 is 11.5 Å². The molecule has 0 aliphatic carbocycles. The van der Waals surface area contributed by atoms with Crippen molar-refractivity contribution in [1.29, 1.82) is 0 Å². The Hall–Kier alpha value is -0.610. The Morgan fingerprint density at radius 3 is 1.90 bits per heavy atom. The summed E-state index contributed by atoms with van der Waals surface area (Å²) in [4.78, 5) is 9.52. The minimum absolute atomic E-state index is 0.0694. The van der Waals surface area contributed by atoms with Crippen molar-refractivity contribution in [2.24, 2.45) is 11.5 Å². The molecule has 5 N–H and O–H groups in total. The average molecular weight is 148 g/mol. The van der Waals surface area contributed by atoms with E-state index in [2.05, 4.69) is 0 Å². The van der Waals surface area contributed by atoms with Crippen molar-refractivity contribution in [2.75, 3.05) is 6.54 Å². The highest BCUT2D eigenvalue weighted by Crippen LogP contribution is 1.67. The van der Waals surface area contributed by atoms with Crippen LogP contribution in [0.3, 0.4) is 0 Å². The topological polar surface area (TPSA) is 89.3 Å². The van der Waals surface area contributed by atoms with Crippen molar-refractivity contribution < 1.29 is 9.90 Å². The first-order chi connectivity index (χ1) is 4.50. The number of hydrogen-bond acceptors (Lipinski definition) is 3. The number of aliphatic carboxylic acids is 1. The fraction of sp³-hybridized carbons (Fsp3) is 0.833. The lowest BCUT2D eigenvalue weighted by molar-refractivity contribution is -0.136. The summed E-state index contributed by atoms with van der Waals surface area (Å²) in [6, 6.07) is 0.333. The van der Waals surface area contributed by atoms with Gasteiger partial charge in [0.15, 0.2) is 0 Å². The minimum atomic E-state index is -0.836. The van der Waals surface area contributed by atoms with Crippen LogP contribution in [0, 0.1) is 0 Å². The van der Waals surface area contributed by atoms with Crippen molar-refractivity contribution in [3.8, 4) is 0 Å². The zero-order valence-electron chi connectivity index (χ0n) is 6.50. The van der Waals surface area contributed by atoms with Gasteiger partial charge in [-0.1, -0.05) is 13.8 Å². The van der Waals surface area contributed by atoms with Gasteiger partial charge in [-0.3, -0.25) is 4.79 Å². The fourth-order valence-electron chi connectivity index (χ4n) is 0.123. The van der Waals surface area contributed by atoms with E-state index in [1.54, 1.807) is 0 Å². The van der Waals surface area contributed by atoms with Crippen LogP contribution in [0.25, 0.3) is 0 Å². The van der Waals surface area contributed by atoms with Gasteiger partial charge in [-0.2, -0.15) is 0 Å². The molecule has 4 heteroatoms. The maximum absolute atomic E-state index is 9.52. The summed E-state index contributed by atoms with van der Waals surface area (Å²) in [7, 11) is 0. The molecule has 0 aromatic heterocycles. The van der Waals surface area contributed by atoms with Gasteiger partial charge >= 0.3 is 5.97 Å². The summed E-state index contributed by atoms with van der Waals surface area (Å²) in [6.07, 6.45) is 0.0694. The number of hydrogen-bond donors (Lipinski definition) is 3. The zero-order chi connectivity index (χ0) is 8.57. The molecule has 0 amide bonds. The lowest BCUT2D eigenvalue weighted by Gasteiger charge is -1.81. The number of rotatable bonds is 2. The molecule has 0 aliphatic heterocycles. The predicted octanol–water partition coefficient (Wildman–Crippen LogP) is -0.227. The van der Waals surface area contributed by atoms with Gasteiger partial charge in [0.1, 0.15) is 0 Å². The minimum Gasteiger partial charge on any atom is -0.481 e. The van der Waals surface area contributed by atoms with Crippen LogP contribution in [0.15, 0.2) is 0 Å². The molecule has 0 saturated carbocycles. The molecule has 0 fully saturated rings. The maximum atomic E-state index is 9.52. The fourth-order valence-corrected chi connectivity index (χ4v) is 0.123. The van der Waals surface area contributed by atoms with Gasteiger partial charge in [-0.25, -0.2) is 0 Å². The molecule has 0 aromatic carbocycles. The number of carbonyl (C=O) groups is 1. The van der Waals surface area contributed by atoms with Crippen LogP contribution in [-0.4, -0.2) is 23.7 Å². The van der Waals surface area contributed by atoms with Gasteiger partial charge in [-0.05, 0) is 6.04 Å². The molecule has 0 aliphatic rings. The summed E-state index contributed by atoms with van der Waals surface area (Å²) < 4.78 is 0. The molecular formula is C6H16N2O2. The average Bonchev–Trinajstić information content (AvgIpc) is 1.62. The van der Waals surface area contributed by atoms with Crippen LogP contribution >= 0.6 is 0 Å². The van der Waals surface area contributed by atoms with Gasteiger partial charge in [0.25, 0.3) is 0 Å². The largest absolute Gasteiger partial charge is 0.481 e. The SMILES string of the molecule is CC(C)N.NCCC(=O)O. The van der Waals surface area contributed by atoms with Crippen LogP contribution in [0.4, 0.5) is 0 Å². The van der Waals surface area contributed by atoms with Crippen molar-refractivity contribution in [2.45, 2.75) is 26.3 Å². The summed E-state index contributed by atoms with van der Waals surface area (Å²) in [5.74, 6) is -0.836. The summed E-state index contributed by atoms with van der Waals surface area (Å²) in [6.45, 7) is 4.12. The van der Waals surface area contributed by atoms with Gasteiger partial charge in [0.05, 0.1) is 6.42 Å². The Kier molecular flexibility index (Phi) is 10.2. The van der Waals surface area contributed by atoms with Crippen molar-refractivity contribution >= 4 is 5.97 Å². The van der Waals surface area contributed by atoms with Gasteiger partial charge in [-0.15, -0.1) is 0 Å². The van der Waals surface area contributed by atoms with Gasteiger partial charge in [0.2, 0.25) is 0 Å². The molecule has 0 spiro atoms. The molecule has 0 radical (unpaired) electrons. The Labute approximate surface area is 61.2 Å². The van der Waals surface area contributed by atoms with E-state index in [4.69, 9.17) is 16.6 Å². The Morgan fingerprint density at radius 2 is 1.90 bits per heavy atom. The van der Waals surface area contributed by atoms with E-state index in [-0.39, 0.29) is 13.0 Å². The van der Waals surface area contributed by atoms with E-state index in [1.165, 1.54) is 0 Å². The number of carboxylic acids is 1. The molecule has 0 unspecified atom stereocenters. The maximum Gasteiger partial charge on any atom is 0.304 e. The van der Waals surface area contributed by atoms with Gasteiger partial charge < -0.3 is 16.6 Å². The molecular weight excluding hydrogens is 132 g/mol. The molecule has 10 heavy (non-hydrogen) atoms. The predicted molar refractivity (Wildman–Crippen MR) is 40.6 cm³/mol. The molecule has 0 bridgehead atoms. The van der Waals surface area contributed by atoms with Crippen molar-refractivity contribution in [3.63, 3.8) is 0 Å². The van der Waals surface area contributed by atoms with E-state index in [1.807, 2.05) is 13.8 Å². The Morgan fingerprint density at radius 1 is 1.60 bits per heavy atom. The quantitative estimate of drug-likeness (QED) is 0.504. The second kappa shape index (κ2) is 8.39. The molecule has 62 valence electrons. The molecule has 0 heterocycles. The van der Waals surface area contributed by atoms with E-state index >= 15 is 0 Å². The molecule has 0 atom stereocenters. The van der Waals surface area contributed by atoms with Crippen LogP contribution in [-0.2, 0) is 4.79 Å². The lowest BCUT2D eigenvalue weighted by atomic mass is 10.5. The third-order valence-electron chi connectivity index (χ3n) is 0.358. The van der Waals surface area contributed by atoms with E-state index in [0.717, 1.165) is 0 Å². The number of nitrogens with two attached hydrogens (primary N) is 2. The normalized spacial score (nSPS) is 8.50. The molecule has 0 saturated heterocycles. The molecule has 0 rings (SSSR count). The van der Waals surface area contributed by atoms with Crippen LogP contribution in [0.2, 0.25) is 0 Å². The third kappa shape index (κ3) is 52.8. The summed E-state index contributed by atoms with van der Waals surface area (Å²) in [5, 5.41) is 7.83. The second-order valence-corrected chi connectivity index (χ2v) is 2.18. The van der Waals surface area contributed by atoms with Crippen LogP contribution in [0.5, 0.6) is 0 Å². The zero-order valence-corrected chi connectivity index (χ0v) is 6.50. The third-order valence-corrected chi connectivity index (χ3v) is 0.358. The van der Waals surface area contributed by atoms with Crippen molar-refractivity contribution in [3.05, 3.63) is 0 Å². The molecule has 0 aromatic rings. The van der Waals surface area contributed by atoms with E-state index < -0.39 is 5.97 Å². The highest BCUT2D eigenvalue weighted by molar-refractivity contribution is 5.66. The second-order valence-electron chi connectivity index (χ2n) is 2.18. The lowest BCUT2D eigenvalue weighted by Crippen LogP contribution is -2.06. The highest BCUT2D eigenvalue weighted by atomic mass is 16.4. The van der Waals surface area contributed by atoms with Crippen LogP contribution in [0.1, 0.15) is 20.3 Å².